The zero-order chi connectivity index (χ0) is 24.2. The first-order valence-corrected chi connectivity index (χ1v) is 12.1. The van der Waals surface area contributed by atoms with Crippen LogP contribution in [0.4, 0.5) is 4.79 Å². The third-order valence-electron chi connectivity index (χ3n) is 7.01. The molecule has 1 aromatic carbocycles. The van der Waals surface area contributed by atoms with Crippen LogP contribution in [0.2, 0.25) is 0 Å². The van der Waals surface area contributed by atoms with Crippen LogP contribution in [0.3, 0.4) is 0 Å². The van der Waals surface area contributed by atoms with E-state index in [0.29, 0.717) is 30.2 Å². The van der Waals surface area contributed by atoms with Crippen molar-refractivity contribution in [3.05, 3.63) is 30.0 Å². The summed E-state index contributed by atoms with van der Waals surface area (Å²) in [6.07, 6.45) is 5.58. The lowest BCUT2D eigenvalue weighted by molar-refractivity contribution is -0.143. The zero-order valence-corrected chi connectivity index (χ0v) is 20.1. The van der Waals surface area contributed by atoms with Gasteiger partial charge in [-0.3, -0.25) is 4.79 Å². The van der Waals surface area contributed by atoms with Gasteiger partial charge < -0.3 is 19.5 Å². The highest BCUT2D eigenvalue weighted by Gasteiger charge is 2.29. The molecule has 9 heteroatoms. The van der Waals surface area contributed by atoms with Crippen LogP contribution >= 0.6 is 0 Å². The van der Waals surface area contributed by atoms with E-state index >= 15 is 0 Å². The van der Waals surface area contributed by atoms with Gasteiger partial charge >= 0.3 is 12.1 Å². The third kappa shape index (κ3) is 5.51. The summed E-state index contributed by atoms with van der Waals surface area (Å²) in [7, 11) is 3.56. The molecule has 34 heavy (non-hydrogen) atoms. The Kier molecular flexibility index (Phi) is 7.38. The lowest BCUT2D eigenvalue weighted by Crippen LogP contribution is -2.35. The average Bonchev–Trinajstić information content (AvgIpc) is 3.18. The molecule has 0 spiro atoms. The van der Waals surface area contributed by atoms with Crippen molar-refractivity contribution in [1.29, 1.82) is 0 Å². The van der Waals surface area contributed by atoms with Crippen molar-refractivity contribution in [2.24, 2.45) is 18.9 Å². The van der Waals surface area contributed by atoms with Gasteiger partial charge in [0.15, 0.2) is 0 Å². The Balaban J connectivity index is 1.40. The van der Waals surface area contributed by atoms with Crippen LogP contribution in [0, 0.1) is 11.8 Å². The standard InChI is InChI=1S/C25H34N4O5/c1-16(33-25(32)28(2)15-17-6-4-7-17)23-22(26-27-29(23)3)18-10-12-20(13-11-18)34-21-9-5-8-19(14-21)24(30)31/h10-13,16-17,19,21H,4-9,14-15H2,1-3H3,(H,30,31)/t16?,19-,21-/m0/s1. The molecule has 1 unspecified atom stereocenters. The molecule has 184 valence electrons. The molecule has 0 radical (unpaired) electrons. The van der Waals surface area contributed by atoms with Gasteiger partial charge in [-0.25, -0.2) is 9.48 Å². The number of carbonyl (C=O) groups is 2. The van der Waals surface area contributed by atoms with Gasteiger partial charge in [0.05, 0.1) is 12.0 Å². The maximum absolute atomic E-state index is 12.6. The number of aromatic nitrogens is 3. The molecule has 2 saturated carbocycles. The molecule has 2 aliphatic carbocycles. The minimum absolute atomic E-state index is 0.0934. The largest absolute Gasteiger partial charge is 0.490 e. The van der Waals surface area contributed by atoms with Gasteiger partial charge in [0.2, 0.25) is 0 Å². The predicted octanol–water partition coefficient (Wildman–Crippen LogP) is 4.43. The highest BCUT2D eigenvalue weighted by molar-refractivity contribution is 5.70. The summed E-state index contributed by atoms with van der Waals surface area (Å²) in [5.74, 6) is 0.188. The van der Waals surface area contributed by atoms with Gasteiger partial charge in [0, 0.05) is 26.2 Å². The topological polar surface area (TPSA) is 107 Å². The Morgan fingerprint density at radius 3 is 2.53 bits per heavy atom. The van der Waals surface area contributed by atoms with Gasteiger partial charge in [-0.05, 0) is 75.6 Å². The lowest BCUT2D eigenvalue weighted by atomic mass is 9.85. The predicted molar refractivity (Wildman–Crippen MR) is 125 cm³/mol. The first-order chi connectivity index (χ1) is 16.3. The molecule has 1 heterocycles. The van der Waals surface area contributed by atoms with Crippen LogP contribution in [-0.2, 0) is 16.6 Å². The molecule has 3 atom stereocenters. The summed E-state index contributed by atoms with van der Waals surface area (Å²) in [6.45, 7) is 2.55. The van der Waals surface area contributed by atoms with Crippen LogP contribution in [-0.4, -0.2) is 56.8 Å². The number of benzene rings is 1. The molecule has 1 amide bonds. The number of rotatable bonds is 8. The van der Waals surface area contributed by atoms with Crippen LogP contribution < -0.4 is 4.74 Å². The number of carboxylic acid groups (broad SMARTS) is 1. The molecular formula is C25H34N4O5. The number of aryl methyl sites for hydroxylation is 1. The van der Waals surface area contributed by atoms with Gasteiger partial charge in [-0.15, -0.1) is 5.10 Å². The molecule has 0 aliphatic heterocycles. The van der Waals surface area contributed by atoms with Crippen molar-refractivity contribution >= 4 is 12.1 Å². The van der Waals surface area contributed by atoms with Crippen molar-refractivity contribution in [3.8, 4) is 17.0 Å². The fourth-order valence-electron chi connectivity index (χ4n) is 4.82. The Hall–Kier alpha value is -3.10. The number of amides is 1. The molecule has 2 fully saturated rings. The van der Waals surface area contributed by atoms with Gasteiger partial charge in [0.1, 0.15) is 23.2 Å². The second-order valence-electron chi connectivity index (χ2n) is 9.62. The van der Waals surface area contributed by atoms with Gasteiger partial charge in [-0.1, -0.05) is 11.6 Å². The molecule has 9 nitrogen and oxygen atoms in total. The Morgan fingerprint density at radius 1 is 1.18 bits per heavy atom. The maximum Gasteiger partial charge on any atom is 0.410 e. The van der Waals surface area contributed by atoms with Gasteiger partial charge in [0.25, 0.3) is 0 Å². The van der Waals surface area contributed by atoms with E-state index in [2.05, 4.69) is 10.3 Å². The molecule has 2 aliphatic rings. The molecular weight excluding hydrogens is 436 g/mol. The number of hydrogen-bond donors (Lipinski definition) is 1. The van der Waals surface area contributed by atoms with Crippen molar-refractivity contribution in [2.45, 2.75) is 64.1 Å². The second kappa shape index (κ2) is 10.4. The monoisotopic (exact) mass is 470 g/mol. The highest BCUT2D eigenvalue weighted by Crippen LogP contribution is 2.32. The summed E-state index contributed by atoms with van der Waals surface area (Å²) in [5, 5.41) is 17.7. The fourth-order valence-corrected chi connectivity index (χ4v) is 4.82. The van der Waals surface area contributed by atoms with Gasteiger partial charge in [-0.2, -0.15) is 0 Å². The minimum Gasteiger partial charge on any atom is -0.490 e. The van der Waals surface area contributed by atoms with Crippen LogP contribution in [0.15, 0.2) is 24.3 Å². The van der Waals surface area contributed by atoms with Crippen LogP contribution in [0.5, 0.6) is 5.75 Å². The Labute approximate surface area is 200 Å². The number of hydrogen-bond acceptors (Lipinski definition) is 6. The number of carbonyl (C=O) groups excluding carboxylic acids is 1. The first-order valence-electron chi connectivity index (χ1n) is 12.1. The van der Waals surface area contributed by atoms with E-state index in [9.17, 15) is 14.7 Å². The van der Waals surface area contributed by atoms with Crippen molar-refractivity contribution < 1.29 is 24.2 Å². The van der Waals surface area contributed by atoms with E-state index in [1.807, 2.05) is 31.2 Å². The SMILES string of the molecule is CC(OC(=O)N(C)CC1CCC1)c1c(-c2ccc(O[C@H]3CCC[C@H](C(=O)O)C3)cc2)nnn1C. The second-order valence-corrected chi connectivity index (χ2v) is 9.62. The summed E-state index contributed by atoms with van der Waals surface area (Å²) in [6, 6.07) is 7.53. The molecule has 1 aromatic heterocycles. The van der Waals surface area contributed by atoms with Crippen LogP contribution in [0.1, 0.15) is 63.7 Å². The quantitative estimate of drug-likeness (QED) is 0.608. The minimum atomic E-state index is -0.747. The average molecular weight is 471 g/mol. The molecule has 2 aromatic rings. The zero-order valence-electron chi connectivity index (χ0n) is 20.1. The Bertz CT molecular complexity index is 1000. The summed E-state index contributed by atoms with van der Waals surface area (Å²) < 4.78 is 13.4. The molecule has 4 rings (SSSR count). The molecule has 1 N–H and O–H groups in total. The van der Waals surface area contributed by atoms with E-state index in [0.717, 1.165) is 30.6 Å². The Morgan fingerprint density at radius 2 is 1.88 bits per heavy atom. The fraction of sp³-hybridized carbons (Fsp3) is 0.600. The summed E-state index contributed by atoms with van der Waals surface area (Å²) >= 11 is 0. The van der Waals surface area contributed by atoms with E-state index in [1.165, 1.54) is 19.3 Å². The normalized spacial score (nSPS) is 21.4. The van der Waals surface area contributed by atoms with Crippen LogP contribution in [0.25, 0.3) is 11.3 Å². The first kappa shape index (κ1) is 24.0. The van der Waals surface area contributed by atoms with Crippen molar-refractivity contribution in [3.63, 3.8) is 0 Å². The van der Waals surface area contributed by atoms with Crippen molar-refractivity contribution in [2.75, 3.05) is 13.6 Å². The van der Waals surface area contributed by atoms with E-state index in [-0.39, 0.29) is 18.1 Å². The molecule has 0 bridgehead atoms. The van der Waals surface area contributed by atoms with Crippen molar-refractivity contribution in [1.82, 2.24) is 19.9 Å². The number of ether oxygens (including phenoxy) is 2. The van der Waals surface area contributed by atoms with E-state index < -0.39 is 12.1 Å². The highest BCUT2D eigenvalue weighted by atomic mass is 16.6. The lowest BCUT2D eigenvalue weighted by Gasteiger charge is -2.30. The van der Waals surface area contributed by atoms with E-state index in [1.54, 1.807) is 23.7 Å². The summed E-state index contributed by atoms with van der Waals surface area (Å²) in [4.78, 5) is 25.5. The summed E-state index contributed by atoms with van der Waals surface area (Å²) in [5.41, 5.74) is 2.21. The van der Waals surface area contributed by atoms with E-state index in [4.69, 9.17) is 9.47 Å². The number of carboxylic acids is 1. The third-order valence-corrected chi connectivity index (χ3v) is 7.01. The number of nitrogens with zero attached hydrogens (tertiary/aromatic N) is 4. The maximum atomic E-state index is 12.6. The number of aliphatic carboxylic acids is 1. The molecule has 0 saturated heterocycles. The smallest absolute Gasteiger partial charge is 0.410 e.